The largest absolute Gasteiger partial charge is 0.369 e. The molecule has 1 aromatic carbocycles. The van der Waals surface area contributed by atoms with E-state index in [1.807, 2.05) is 17.0 Å². The Kier molecular flexibility index (Phi) is 6.10. The summed E-state index contributed by atoms with van der Waals surface area (Å²) in [5, 5.41) is 11.3. The van der Waals surface area contributed by atoms with Gasteiger partial charge in [0.05, 0.1) is 24.6 Å². The van der Waals surface area contributed by atoms with Gasteiger partial charge >= 0.3 is 0 Å². The molecule has 0 bridgehead atoms. The summed E-state index contributed by atoms with van der Waals surface area (Å²) in [4.78, 5) is 28.5. The summed E-state index contributed by atoms with van der Waals surface area (Å²) >= 11 is 0. The fourth-order valence-corrected chi connectivity index (χ4v) is 4.46. The first-order valence-corrected chi connectivity index (χ1v) is 10.4. The normalized spacial score (nSPS) is 19.0. The summed E-state index contributed by atoms with van der Waals surface area (Å²) in [6.07, 6.45) is 6.55. The predicted octanol–water partition coefficient (Wildman–Crippen LogP) is 0.234. The van der Waals surface area contributed by atoms with E-state index < -0.39 is 0 Å². The van der Waals surface area contributed by atoms with Crippen LogP contribution in [0, 0.1) is 6.42 Å². The highest BCUT2D eigenvalue weighted by atomic mass is 16.2. The number of benzene rings is 1. The average Bonchev–Trinajstić information content (AvgIpc) is 3.21. The van der Waals surface area contributed by atoms with Crippen molar-refractivity contribution in [3.8, 4) is 0 Å². The molecule has 2 aromatic rings. The highest BCUT2D eigenvalue weighted by Gasteiger charge is 2.26. The summed E-state index contributed by atoms with van der Waals surface area (Å²) in [6.45, 7) is 5.66. The molecule has 155 valence electrons. The predicted molar refractivity (Wildman–Crippen MR) is 111 cm³/mol. The van der Waals surface area contributed by atoms with E-state index in [9.17, 15) is 9.59 Å². The number of nitrogens with zero attached hydrogens (tertiary/aromatic N) is 3. The van der Waals surface area contributed by atoms with Crippen LogP contribution < -0.4 is 11.1 Å². The number of fused-ring (bicyclic) bond motifs is 1. The van der Waals surface area contributed by atoms with Crippen LogP contribution >= 0.6 is 0 Å². The lowest BCUT2D eigenvalue weighted by Gasteiger charge is -2.40. The third-order valence-electron chi connectivity index (χ3n) is 6.02. The lowest BCUT2D eigenvalue weighted by Crippen LogP contribution is -2.54. The number of hydrogen-bond acceptors (Lipinski definition) is 5. The van der Waals surface area contributed by atoms with Crippen LogP contribution in [0.25, 0.3) is 10.9 Å². The summed E-state index contributed by atoms with van der Waals surface area (Å²) in [6, 6.07) is 4.59. The van der Waals surface area contributed by atoms with Gasteiger partial charge in [0.15, 0.2) is 0 Å². The standard InChI is InChI=1S/C21H29N6O2/c22-19(28)13-16-11-15(12-17-14-24-25-21(16)17)1-2-20(29)27-9-7-26(8-10-27)18-3-5-23-6-4-18/h2,11-12,14,18,23H,1,3-10,13H2,(H2,22,28)(H,24,25). The van der Waals surface area contributed by atoms with E-state index in [0.717, 1.165) is 61.3 Å². The zero-order chi connectivity index (χ0) is 20.2. The zero-order valence-corrected chi connectivity index (χ0v) is 16.7. The van der Waals surface area contributed by atoms with E-state index >= 15 is 0 Å². The van der Waals surface area contributed by atoms with E-state index in [1.54, 1.807) is 12.6 Å². The number of amides is 2. The van der Waals surface area contributed by atoms with E-state index in [4.69, 9.17) is 5.73 Å². The summed E-state index contributed by atoms with van der Waals surface area (Å²) < 4.78 is 0. The molecule has 2 aliphatic rings. The molecule has 2 saturated heterocycles. The van der Waals surface area contributed by atoms with Crippen LogP contribution in [0.4, 0.5) is 0 Å². The Bertz CT molecular complexity index is 865. The molecule has 4 N–H and O–H groups in total. The smallest absolute Gasteiger partial charge is 0.226 e. The van der Waals surface area contributed by atoms with Crippen molar-refractivity contribution in [2.24, 2.45) is 5.73 Å². The Morgan fingerprint density at radius 1 is 1.17 bits per heavy atom. The fourth-order valence-electron chi connectivity index (χ4n) is 4.46. The molecule has 4 rings (SSSR count). The molecule has 1 aromatic heterocycles. The van der Waals surface area contributed by atoms with Crippen LogP contribution in [-0.2, 0) is 22.4 Å². The van der Waals surface area contributed by atoms with Gasteiger partial charge in [-0.3, -0.25) is 19.6 Å². The van der Waals surface area contributed by atoms with Crippen LogP contribution in [-0.4, -0.2) is 77.1 Å². The molecule has 2 amide bonds. The maximum atomic E-state index is 12.7. The second-order valence-corrected chi connectivity index (χ2v) is 7.98. The second-order valence-electron chi connectivity index (χ2n) is 7.98. The Labute approximate surface area is 170 Å². The van der Waals surface area contributed by atoms with Gasteiger partial charge in [0.1, 0.15) is 0 Å². The molecule has 8 nitrogen and oxygen atoms in total. The number of H-pyrrole nitrogens is 1. The second kappa shape index (κ2) is 8.92. The number of carbonyl (C=O) groups excluding carboxylic acids is 2. The molecule has 2 aliphatic heterocycles. The molecular weight excluding hydrogens is 368 g/mol. The van der Waals surface area contributed by atoms with Crippen molar-refractivity contribution in [2.45, 2.75) is 31.7 Å². The van der Waals surface area contributed by atoms with Crippen molar-refractivity contribution in [3.05, 3.63) is 35.9 Å². The van der Waals surface area contributed by atoms with Crippen molar-refractivity contribution >= 4 is 22.7 Å². The van der Waals surface area contributed by atoms with Gasteiger partial charge in [0, 0.05) is 37.6 Å². The van der Waals surface area contributed by atoms with Gasteiger partial charge in [-0.15, -0.1) is 0 Å². The van der Waals surface area contributed by atoms with Crippen molar-refractivity contribution in [1.82, 2.24) is 25.3 Å². The Balaban J connectivity index is 1.32. The molecule has 0 atom stereocenters. The van der Waals surface area contributed by atoms with Gasteiger partial charge in [-0.1, -0.05) is 6.07 Å². The molecular formula is C21H29N6O2. The molecule has 0 saturated carbocycles. The van der Waals surface area contributed by atoms with E-state index in [0.29, 0.717) is 12.5 Å². The SMILES string of the molecule is NC(=O)Cc1cc(C[CH]C(=O)N2CCN(C3CCNCC3)CC2)cc2cn[nH]c12. The third-order valence-corrected chi connectivity index (χ3v) is 6.02. The topological polar surface area (TPSA) is 107 Å². The van der Waals surface area contributed by atoms with Crippen LogP contribution in [0.2, 0.25) is 0 Å². The summed E-state index contributed by atoms with van der Waals surface area (Å²) in [5.74, 6) is -0.302. The number of nitrogens with one attached hydrogen (secondary N) is 2. The monoisotopic (exact) mass is 397 g/mol. The van der Waals surface area contributed by atoms with E-state index in [2.05, 4.69) is 20.4 Å². The van der Waals surface area contributed by atoms with E-state index in [1.165, 1.54) is 12.8 Å². The van der Waals surface area contributed by atoms with Gasteiger partial charge in [0.2, 0.25) is 11.8 Å². The number of aromatic nitrogens is 2. The number of hydrogen-bond donors (Lipinski definition) is 3. The Morgan fingerprint density at radius 3 is 2.66 bits per heavy atom. The summed E-state index contributed by atoms with van der Waals surface area (Å²) in [5.41, 5.74) is 8.00. The molecule has 0 spiro atoms. The number of primary amides is 1. The van der Waals surface area contributed by atoms with Gasteiger partial charge in [-0.25, -0.2) is 0 Å². The first-order valence-electron chi connectivity index (χ1n) is 10.4. The van der Waals surface area contributed by atoms with Crippen molar-refractivity contribution < 1.29 is 9.59 Å². The number of piperidine rings is 1. The van der Waals surface area contributed by atoms with Gasteiger partial charge in [-0.2, -0.15) is 5.10 Å². The first-order chi connectivity index (χ1) is 14.1. The van der Waals surface area contributed by atoms with Crippen LogP contribution in [0.3, 0.4) is 0 Å². The number of piperazine rings is 1. The molecule has 1 radical (unpaired) electrons. The number of carbonyl (C=O) groups is 2. The van der Waals surface area contributed by atoms with Gasteiger partial charge < -0.3 is 16.0 Å². The Hall–Kier alpha value is -2.45. The fraction of sp³-hybridized carbons (Fsp3) is 0.524. The minimum absolute atomic E-state index is 0.0821. The van der Waals surface area contributed by atoms with Crippen LogP contribution in [0.15, 0.2) is 18.3 Å². The summed E-state index contributed by atoms with van der Waals surface area (Å²) in [7, 11) is 0. The van der Waals surface area contributed by atoms with Crippen LogP contribution in [0.5, 0.6) is 0 Å². The molecule has 3 heterocycles. The minimum Gasteiger partial charge on any atom is -0.369 e. The highest BCUT2D eigenvalue weighted by molar-refractivity contribution is 5.88. The lowest BCUT2D eigenvalue weighted by atomic mass is 10.0. The van der Waals surface area contributed by atoms with Crippen LogP contribution in [0.1, 0.15) is 24.0 Å². The Morgan fingerprint density at radius 2 is 1.93 bits per heavy atom. The number of nitrogens with two attached hydrogens (primary N) is 1. The maximum absolute atomic E-state index is 12.7. The van der Waals surface area contributed by atoms with Gasteiger partial charge in [0.25, 0.3) is 0 Å². The van der Waals surface area contributed by atoms with Gasteiger partial charge in [-0.05, 0) is 49.5 Å². The lowest BCUT2D eigenvalue weighted by molar-refractivity contribution is -0.129. The quantitative estimate of drug-likeness (QED) is 0.647. The third kappa shape index (κ3) is 4.76. The average molecular weight is 398 g/mol. The van der Waals surface area contributed by atoms with Crippen molar-refractivity contribution in [2.75, 3.05) is 39.3 Å². The molecule has 0 aliphatic carbocycles. The molecule has 29 heavy (non-hydrogen) atoms. The highest BCUT2D eigenvalue weighted by Crippen LogP contribution is 2.21. The number of aromatic amines is 1. The maximum Gasteiger partial charge on any atom is 0.226 e. The molecule has 8 heteroatoms. The van der Waals surface area contributed by atoms with E-state index in [-0.39, 0.29) is 18.2 Å². The van der Waals surface area contributed by atoms with Crippen molar-refractivity contribution in [1.29, 1.82) is 0 Å². The number of rotatable bonds is 6. The van der Waals surface area contributed by atoms with Crippen molar-refractivity contribution in [3.63, 3.8) is 0 Å². The molecule has 0 unspecified atom stereocenters. The first kappa shape index (κ1) is 19.8. The molecule has 2 fully saturated rings. The zero-order valence-electron chi connectivity index (χ0n) is 16.7. The minimum atomic E-state index is -0.385.